The molecule has 11 rings (SSSR count). The average Bonchev–Trinajstić information content (AvgIpc) is 3.92. The molecule has 4 aromatic heterocycles. The van der Waals surface area contributed by atoms with E-state index < -0.39 is 0 Å². The normalized spacial score (nSPS) is 11.8. The van der Waals surface area contributed by atoms with Gasteiger partial charge in [0.25, 0.3) is 0 Å². The Kier molecular flexibility index (Phi) is 6.62. The van der Waals surface area contributed by atoms with Crippen molar-refractivity contribution in [1.29, 1.82) is 0 Å². The van der Waals surface area contributed by atoms with Crippen molar-refractivity contribution in [2.24, 2.45) is 0 Å². The Morgan fingerprint density at radius 3 is 2.02 bits per heavy atom. The molecule has 0 aliphatic rings. The van der Waals surface area contributed by atoms with Gasteiger partial charge in [0.1, 0.15) is 17.0 Å². The van der Waals surface area contributed by atoms with Gasteiger partial charge in [-0.1, -0.05) is 103 Å². The maximum Gasteiger partial charge on any atom is 0.167 e. The van der Waals surface area contributed by atoms with E-state index >= 15 is 0 Å². The first-order valence-corrected chi connectivity index (χ1v) is 18.3. The molecular formula is C46H27N5OS. The van der Waals surface area contributed by atoms with E-state index in [4.69, 9.17) is 24.4 Å². The molecule has 248 valence electrons. The van der Waals surface area contributed by atoms with Crippen molar-refractivity contribution < 1.29 is 4.42 Å². The SMILES string of the molecule is c1ccc(-c2nc(-c3cccc4c3oc3ccccc34)nc(-c3cccc4c3sc3ccc(-c5nc6ccccc6n5-c5ccccc5)cc34)n2)cc1. The second-order valence-corrected chi connectivity index (χ2v) is 14.1. The predicted octanol–water partition coefficient (Wildman–Crippen LogP) is 12.1. The van der Waals surface area contributed by atoms with E-state index in [9.17, 15) is 0 Å². The molecule has 7 aromatic carbocycles. The highest BCUT2D eigenvalue weighted by molar-refractivity contribution is 7.26. The van der Waals surface area contributed by atoms with Crippen LogP contribution in [0.1, 0.15) is 0 Å². The van der Waals surface area contributed by atoms with Crippen LogP contribution in [0.5, 0.6) is 0 Å². The summed E-state index contributed by atoms with van der Waals surface area (Å²) in [5.41, 5.74) is 8.46. The van der Waals surface area contributed by atoms with Gasteiger partial charge in [0.15, 0.2) is 17.5 Å². The molecule has 0 N–H and O–H groups in total. The molecule has 11 aromatic rings. The quantitative estimate of drug-likeness (QED) is 0.179. The van der Waals surface area contributed by atoms with Crippen molar-refractivity contribution in [3.05, 3.63) is 164 Å². The van der Waals surface area contributed by atoms with E-state index in [1.165, 1.54) is 10.1 Å². The summed E-state index contributed by atoms with van der Waals surface area (Å²) in [7, 11) is 0. The minimum atomic E-state index is 0.568. The summed E-state index contributed by atoms with van der Waals surface area (Å²) in [6.07, 6.45) is 0. The lowest BCUT2D eigenvalue weighted by Crippen LogP contribution is -2.00. The van der Waals surface area contributed by atoms with Crippen LogP contribution >= 0.6 is 11.3 Å². The molecule has 0 bridgehead atoms. The third-order valence-electron chi connectivity index (χ3n) is 9.88. The zero-order valence-corrected chi connectivity index (χ0v) is 29.0. The molecule has 0 radical (unpaired) electrons. The minimum absolute atomic E-state index is 0.568. The lowest BCUT2D eigenvalue weighted by Gasteiger charge is -2.10. The van der Waals surface area contributed by atoms with E-state index in [0.717, 1.165) is 76.8 Å². The van der Waals surface area contributed by atoms with Crippen LogP contribution < -0.4 is 0 Å². The summed E-state index contributed by atoms with van der Waals surface area (Å²) in [6.45, 7) is 0. The second kappa shape index (κ2) is 11.8. The minimum Gasteiger partial charge on any atom is -0.455 e. The van der Waals surface area contributed by atoms with Crippen molar-refractivity contribution in [3.8, 4) is 51.2 Å². The van der Waals surface area contributed by atoms with Crippen LogP contribution in [0.3, 0.4) is 0 Å². The number of fused-ring (bicyclic) bond motifs is 7. The van der Waals surface area contributed by atoms with E-state index in [-0.39, 0.29) is 0 Å². The molecule has 4 heterocycles. The number of thiophene rings is 1. The molecule has 0 amide bonds. The number of benzene rings is 7. The van der Waals surface area contributed by atoms with Crippen LogP contribution in [0, 0.1) is 0 Å². The smallest absolute Gasteiger partial charge is 0.167 e. The fourth-order valence-corrected chi connectivity index (χ4v) is 8.62. The van der Waals surface area contributed by atoms with Crippen molar-refractivity contribution >= 4 is 64.5 Å². The average molecular weight is 698 g/mol. The first kappa shape index (κ1) is 29.7. The molecule has 0 atom stereocenters. The Labute approximate surface area is 307 Å². The van der Waals surface area contributed by atoms with Gasteiger partial charge in [-0.15, -0.1) is 11.3 Å². The van der Waals surface area contributed by atoms with Gasteiger partial charge in [-0.3, -0.25) is 4.57 Å². The zero-order chi connectivity index (χ0) is 34.9. The van der Waals surface area contributed by atoms with Gasteiger partial charge in [-0.25, -0.2) is 19.9 Å². The van der Waals surface area contributed by atoms with E-state index in [1.807, 2.05) is 72.8 Å². The fourth-order valence-electron chi connectivity index (χ4n) is 7.43. The molecule has 0 unspecified atom stereocenters. The van der Waals surface area contributed by atoms with Crippen LogP contribution in [0.2, 0.25) is 0 Å². The third-order valence-corrected chi connectivity index (χ3v) is 11.1. The largest absolute Gasteiger partial charge is 0.455 e. The number of rotatable bonds is 5. The Morgan fingerprint density at radius 2 is 1.15 bits per heavy atom. The Bertz CT molecular complexity index is 3180. The number of hydrogen-bond donors (Lipinski definition) is 0. The summed E-state index contributed by atoms with van der Waals surface area (Å²) in [5, 5.41) is 4.41. The van der Waals surface area contributed by atoms with Crippen LogP contribution in [0.25, 0.3) is 104 Å². The van der Waals surface area contributed by atoms with Gasteiger partial charge in [-0.2, -0.15) is 0 Å². The van der Waals surface area contributed by atoms with Crippen LogP contribution in [-0.4, -0.2) is 24.5 Å². The van der Waals surface area contributed by atoms with E-state index in [2.05, 4.69) is 95.6 Å². The lowest BCUT2D eigenvalue weighted by atomic mass is 10.1. The summed E-state index contributed by atoms with van der Waals surface area (Å²) < 4.78 is 11.0. The summed E-state index contributed by atoms with van der Waals surface area (Å²) >= 11 is 1.76. The molecule has 0 fully saturated rings. The van der Waals surface area contributed by atoms with Gasteiger partial charge in [0.05, 0.1) is 16.6 Å². The van der Waals surface area contributed by atoms with E-state index in [1.54, 1.807) is 11.3 Å². The number of hydrogen-bond acceptors (Lipinski definition) is 6. The molecule has 0 spiro atoms. The molecule has 0 aliphatic carbocycles. The maximum atomic E-state index is 6.44. The second-order valence-electron chi connectivity index (χ2n) is 13.0. The van der Waals surface area contributed by atoms with Crippen LogP contribution in [0.15, 0.2) is 168 Å². The Balaban J connectivity index is 1.11. The molecule has 53 heavy (non-hydrogen) atoms. The topological polar surface area (TPSA) is 69.6 Å². The number of furan rings is 1. The fraction of sp³-hybridized carbons (Fsp3) is 0. The van der Waals surface area contributed by atoms with Crippen molar-refractivity contribution in [2.75, 3.05) is 0 Å². The standard InChI is InChI=1S/C46H27N5OS/c1-3-13-28(14-4-1)43-48-44(34-20-11-18-32-31-17-7-10-24-39(31)52-41(32)34)50-45(49-43)35-21-12-19-33-36-27-29(25-26-40(36)53-42(33)35)46-47-37-22-8-9-23-38(37)51(46)30-15-5-2-6-16-30/h1-27H. The van der Waals surface area contributed by atoms with Gasteiger partial charge in [-0.05, 0) is 60.7 Å². The Morgan fingerprint density at radius 1 is 0.472 bits per heavy atom. The summed E-state index contributed by atoms with van der Waals surface area (Å²) in [5.74, 6) is 2.70. The lowest BCUT2D eigenvalue weighted by molar-refractivity contribution is 0.669. The van der Waals surface area contributed by atoms with Crippen molar-refractivity contribution in [3.63, 3.8) is 0 Å². The molecule has 7 heteroatoms. The van der Waals surface area contributed by atoms with Gasteiger partial charge in [0, 0.05) is 53.3 Å². The van der Waals surface area contributed by atoms with Crippen LogP contribution in [-0.2, 0) is 0 Å². The highest BCUT2D eigenvalue weighted by Crippen LogP contribution is 2.42. The van der Waals surface area contributed by atoms with Crippen molar-refractivity contribution in [1.82, 2.24) is 24.5 Å². The monoisotopic (exact) mass is 697 g/mol. The van der Waals surface area contributed by atoms with Gasteiger partial charge in [0.2, 0.25) is 0 Å². The molecular weight excluding hydrogens is 671 g/mol. The predicted molar refractivity (Wildman–Crippen MR) is 216 cm³/mol. The number of nitrogens with zero attached hydrogens (tertiary/aromatic N) is 5. The van der Waals surface area contributed by atoms with Gasteiger partial charge >= 0.3 is 0 Å². The highest BCUT2D eigenvalue weighted by Gasteiger charge is 2.21. The third kappa shape index (κ3) is 4.79. The maximum absolute atomic E-state index is 6.44. The molecule has 0 saturated heterocycles. The molecule has 0 saturated carbocycles. The summed E-state index contributed by atoms with van der Waals surface area (Å²) in [6, 6.07) is 56.2. The zero-order valence-electron chi connectivity index (χ0n) is 28.1. The van der Waals surface area contributed by atoms with Crippen molar-refractivity contribution in [2.45, 2.75) is 0 Å². The number of aromatic nitrogens is 5. The molecule has 6 nitrogen and oxygen atoms in total. The highest BCUT2D eigenvalue weighted by atomic mass is 32.1. The first-order chi connectivity index (χ1) is 26.3. The first-order valence-electron chi connectivity index (χ1n) is 17.5. The Hall–Kier alpha value is -6.96. The van der Waals surface area contributed by atoms with E-state index in [0.29, 0.717) is 17.5 Å². The molecule has 0 aliphatic heterocycles. The van der Waals surface area contributed by atoms with Crippen LogP contribution in [0.4, 0.5) is 0 Å². The number of imidazole rings is 1. The number of para-hydroxylation sites is 5. The van der Waals surface area contributed by atoms with Gasteiger partial charge < -0.3 is 4.42 Å². The summed E-state index contributed by atoms with van der Waals surface area (Å²) in [4.78, 5) is 20.5.